The van der Waals surface area contributed by atoms with E-state index in [1.54, 1.807) is 29.8 Å². The van der Waals surface area contributed by atoms with Gasteiger partial charge in [-0.3, -0.25) is 0 Å². The number of nitrogens with zero attached hydrogens (tertiary/aromatic N) is 3. The molecule has 0 fully saturated rings. The van der Waals surface area contributed by atoms with Crippen LogP contribution in [0.15, 0.2) is 76.2 Å². The van der Waals surface area contributed by atoms with Gasteiger partial charge >= 0.3 is 0 Å². The third kappa shape index (κ3) is 4.62. The highest BCUT2D eigenvalue weighted by molar-refractivity contribution is 9.10. The minimum absolute atomic E-state index is 0.116. The van der Waals surface area contributed by atoms with Crippen LogP contribution in [-0.2, 0) is 10.0 Å². The molecule has 0 aliphatic rings. The Morgan fingerprint density at radius 2 is 1.84 bits per heavy atom. The zero-order valence-corrected chi connectivity index (χ0v) is 18.9. The normalized spacial score (nSPS) is 12.7. The van der Waals surface area contributed by atoms with E-state index in [0.29, 0.717) is 17.2 Å². The standard InChI is InChI=1S/C21H20BrN5O3S/c1-14(13-28)26-31(29,30)17-9-7-16(8-10-17)24-20-11-19(15-5-3-2-4-6-15)25-21-18(22)12-23-27(20)21/h2-12,14,24,26,28H,13H2,1H3. The van der Waals surface area contributed by atoms with Gasteiger partial charge in [0, 0.05) is 23.4 Å². The third-order valence-corrected chi connectivity index (χ3v) is 6.73. The van der Waals surface area contributed by atoms with E-state index in [1.807, 2.05) is 36.4 Å². The number of sulfonamides is 1. The molecular weight excluding hydrogens is 482 g/mol. The van der Waals surface area contributed by atoms with Gasteiger partial charge in [-0.2, -0.15) is 9.61 Å². The van der Waals surface area contributed by atoms with Gasteiger partial charge in [0.05, 0.1) is 27.9 Å². The van der Waals surface area contributed by atoms with Gasteiger partial charge in [-0.1, -0.05) is 30.3 Å². The van der Waals surface area contributed by atoms with Crippen LogP contribution in [0.4, 0.5) is 11.5 Å². The van der Waals surface area contributed by atoms with Gasteiger partial charge in [0.2, 0.25) is 10.0 Å². The fraction of sp³-hybridized carbons (Fsp3) is 0.143. The first-order valence-electron chi connectivity index (χ1n) is 9.47. The molecule has 2 heterocycles. The van der Waals surface area contributed by atoms with E-state index in [4.69, 9.17) is 10.1 Å². The molecule has 31 heavy (non-hydrogen) atoms. The Morgan fingerprint density at radius 1 is 1.13 bits per heavy atom. The molecule has 4 rings (SSSR count). The topological polar surface area (TPSA) is 109 Å². The number of rotatable bonds is 7. The summed E-state index contributed by atoms with van der Waals surface area (Å²) in [5, 5.41) is 16.7. The molecule has 0 saturated carbocycles. The van der Waals surface area contributed by atoms with Crippen molar-refractivity contribution in [1.82, 2.24) is 19.3 Å². The van der Waals surface area contributed by atoms with Crippen LogP contribution in [0.3, 0.4) is 0 Å². The molecule has 0 amide bonds. The fourth-order valence-corrected chi connectivity index (χ4v) is 4.60. The summed E-state index contributed by atoms with van der Waals surface area (Å²) < 4.78 is 29.6. The number of hydrogen-bond acceptors (Lipinski definition) is 6. The molecule has 0 radical (unpaired) electrons. The molecule has 1 atom stereocenters. The molecule has 2 aromatic carbocycles. The molecule has 3 N–H and O–H groups in total. The second-order valence-corrected chi connectivity index (χ2v) is 9.54. The number of anilines is 2. The van der Waals surface area contributed by atoms with Crippen molar-refractivity contribution in [3.8, 4) is 11.3 Å². The van der Waals surface area contributed by atoms with Gasteiger partial charge in [-0.15, -0.1) is 0 Å². The maximum atomic E-state index is 12.4. The van der Waals surface area contributed by atoms with Crippen molar-refractivity contribution in [1.29, 1.82) is 0 Å². The summed E-state index contributed by atoms with van der Waals surface area (Å²) >= 11 is 3.48. The lowest BCUT2D eigenvalue weighted by atomic mass is 10.1. The van der Waals surface area contributed by atoms with Crippen LogP contribution in [-0.4, -0.2) is 40.8 Å². The van der Waals surface area contributed by atoms with E-state index in [1.165, 1.54) is 12.1 Å². The molecule has 8 nitrogen and oxygen atoms in total. The summed E-state index contributed by atoms with van der Waals surface area (Å²) in [5.74, 6) is 0.678. The maximum absolute atomic E-state index is 12.4. The van der Waals surface area contributed by atoms with Crippen molar-refractivity contribution >= 4 is 43.1 Å². The molecule has 0 bridgehead atoms. The minimum atomic E-state index is -3.71. The summed E-state index contributed by atoms with van der Waals surface area (Å²) in [6, 6.07) is 17.5. The maximum Gasteiger partial charge on any atom is 0.240 e. The van der Waals surface area contributed by atoms with Crippen molar-refractivity contribution < 1.29 is 13.5 Å². The van der Waals surface area contributed by atoms with Crippen molar-refractivity contribution in [2.45, 2.75) is 17.9 Å². The SMILES string of the molecule is CC(CO)NS(=O)(=O)c1ccc(Nc2cc(-c3ccccc3)nc3c(Br)cnn23)cc1. The monoisotopic (exact) mass is 501 g/mol. The number of fused-ring (bicyclic) bond motifs is 1. The van der Waals surface area contributed by atoms with Crippen molar-refractivity contribution in [2.75, 3.05) is 11.9 Å². The van der Waals surface area contributed by atoms with E-state index in [0.717, 1.165) is 15.7 Å². The number of aliphatic hydroxyl groups excluding tert-OH is 1. The zero-order chi connectivity index (χ0) is 22.0. The fourth-order valence-electron chi connectivity index (χ4n) is 3.02. The lowest BCUT2D eigenvalue weighted by Gasteiger charge is -2.13. The number of benzene rings is 2. The third-order valence-electron chi connectivity index (χ3n) is 4.57. The van der Waals surface area contributed by atoms with Crippen LogP contribution in [0, 0.1) is 0 Å². The van der Waals surface area contributed by atoms with Crippen LogP contribution < -0.4 is 10.0 Å². The predicted molar refractivity (Wildman–Crippen MR) is 123 cm³/mol. The molecule has 4 aromatic rings. The van der Waals surface area contributed by atoms with Crippen LogP contribution >= 0.6 is 15.9 Å². The van der Waals surface area contributed by atoms with Gasteiger partial charge < -0.3 is 10.4 Å². The average molecular weight is 502 g/mol. The van der Waals surface area contributed by atoms with Gasteiger partial charge in [-0.25, -0.2) is 18.1 Å². The molecule has 0 saturated heterocycles. The Bertz CT molecular complexity index is 1310. The van der Waals surface area contributed by atoms with E-state index in [2.05, 4.69) is 31.1 Å². The Kier molecular flexibility index (Phi) is 6.05. The van der Waals surface area contributed by atoms with Crippen LogP contribution in [0.25, 0.3) is 16.9 Å². The van der Waals surface area contributed by atoms with Crippen molar-refractivity contribution in [2.24, 2.45) is 0 Å². The molecule has 2 aromatic heterocycles. The van der Waals surface area contributed by atoms with Crippen molar-refractivity contribution in [3.63, 3.8) is 0 Å². The highest BCUT2D eigenvalue weighted by atomic mass is 79.9. The molecule has 1 unspecified atom stereocenters. The van der Waals surface area contributed by atoms with E-state index in [9.17, 15) is 8.42 Å². The molecule has 0 aliphatic heterocycles. The second kappa shape index (κ2) is 8.75. The van der Waals surface area contributed by atoms with Gasteiger partial charge in [-0.05, 0) is 47.1 Å². The first kappa shape index (κ1) is 21.4. The molecule has 10 heteroatoms. The average Bonchev–Trinajstić information content (AvgIpc) is 3.15. The second-order valence-electron chi connectivity index (χ2n) is 6.97. The lowest BCUT2D eigenvalue weighted by molar-refractivity contribution is 0.265. The molecule has 160 valence electrons. The van der Waals surface area contributed by atoms with Gasteiger partial charge in [0.15, 0.2) is 5.65 Å². The summed E-state index contributed by atoms with van der Waals surface area (Å²) in [4.78, 5) is 4.81. The summed E-state index contributed by atoms with van der Waals surface area (Å²) in [5.41, 5.74) is 3.09. The highest BCUT2D eigenvalue weighted by Crippen LogP contribution is 2.28. The first-order chi connectivity index (χ1) is 14.9. The summed E-state index contributed by atoms with van der Waals surface area (Å²) in [7, 11) is -3.71. The van der Waals surface area contributed by atoms with Gasteiger partial charge in [0.1, 0.15) is 5.82 Å². The number of halogens is 1. The Morgan fingerprint density at radius 3 is 2.52 bits per heavy atom. The smallest absolute Gasteiger partial charge is 0.240 e. The molecule has 0 spiro atoms. The van der Waals surface area contributed by atoms with Crippen LogP contribution in [0.1, 0.15) is 6.92 Å². The number of aromatic nitrogens is 3. The first-order valence-corrected chi connectivity index (χ1v) is 11.7. The minimum Gasteiger partial charge on any atom is -0.395 e. The Balaban J connectivity index is 1.67. The Labute approximate surface area is 188 Å². The number of hydrogen-bond donors (Lipinski definition) is 3. The molecular formula is C21H20BrN5O3S. The lowest BCUT2D eigenvalue weighted by Crippen LogP contribution is -2.34. The number of nitrogens with one attached hydrogen (secondary N) is 2. The number of aliphatic hydroxyl groups is 1. The van der Waals surface area contributed by atoms with Crippen LogP contribution in [0.2, 0.25) is 0 Å². The van der Waals surface area contributed by atoms with Crippen molar-refractivity contribution in [3.05, 3.63) is 71.3 Å². The van der Waals surface area contributed by atoms with Gasteiger partial charge in [0.25, 0.3) is 0 Å². The van der Waals surface area contributed by atoms with Crippen LogP contribution in [0.5, 0.6) is 0 Å². The van der Waals surface area contributed by atoms with E-state index in [-0.39, 0.29) is 11.5 Å². The Hall–Kier alpha value is -2.79. The summed E-state index contributed by atoms with van der Waals surface area (Å²) in [6.07, 6.45) is 1.67. The molecule has 0 aliphatic carbocycles. The van der Waals surface area contributed by atoms with E-state index < -0.39 is 16.1 Å². The summed E-state index contributed by atoms with van der Waals surface area (Å²) in [6.45, 7) is 1.31. The quantitative estimate of drug-likeness (QED) is 0.357. The highest BCUT2D eigenvalue weighted by Gasteiger charge is 2.17. The predicted octanol–water partition coefficient (Wildman–Crippen LogP) is 3.56. The largest absolute Gasteiger partial charge is 0.395 e. The zero-order valence-electron chi connectivity index (χ0n) is 16.5. The van der Waals surface area contributed by atoms with E-state index >= 15 is 0 Å².